The van der Waals surface area contributed by atoms with Crippen LogP contribution in [0.25, 0.3) is 0 Å². The second-order valence-electron chi connectivity index (χ2n) is 4.60. The van der Waals surface area contributed by atoms with Crippen LogP contribution in [0.4, 0.5) is 0 Å². The summed E-state index contributed by atoms with van der Waals surface area (Å²) < 4.78 is 0. The molecule has 0 saturated heterocycles. The van der Waals surface area contributed by atoms with Crippen molar-refractivity contribution in [1.82, 2.24) is 5.32 Å². The Morgan fingerprint density at radius 1 is 1.38 bits per heavy atom. The van der Waals surface area contributed by atoms with Crippen molar-refractivity contribution in [2.24, 2.45) is 5.41 Å². The molecule has 4 nitrogen and oxygen atoms in total. The van der Waals surface area contributed by atoms with Crippen LogP contribution in [0.2, 0.25) is 0 Å². The molecule has 0 aliphatic heterocycles. The molecular formula is C11H21NO3S. The summed E-state index contributed by atoms with van der Waals surface area (Å²) >= 11 is 1.67. The topological polar surface area (TPSA) is 66.4 Å². The van der Waals surface area contributed by atoms with Gasteiger partial charge in [0, 0.05) is 5.41 Å². The van der Waals surface area contributed by atoms with Gasteiger partial charge in [0.15, 0.2) is 0 Å². The van der Waals surface area contributed by atoms with Gasteiger partial charge in [0.25, 0.3) is 0 Å². The first-order valence-electron chi connectivity index (χ1n) is 5.40. The van der Waals surface area contributed by atoms with Crippen LogP contribution in [-0.2, 0) is 9.59 Å². The Bertz CT molecular complexity index is 248. The van der Waals surface area contributed by atoms with E-state index >= 15 is 0 Å². The van der Waals surface area contributed by atoms with Crippen molar-refractivity contribution in [2.45, 2.75) is 40.2 Å². The molecule has 5 heteroatoms. The van der Waals surface area contributed by atoms with E-state index in [0.29, 0.717) is 6.42 Å². The van der Waals surface area contributed by atoms with Crippen molar-refractivity contribution >= 4 is 23.6 Å². The zero-order chi connectivity index (χ0) is 12.8. The molecule has 0 spiro atoms. The first-order chi connectivity index (χ1) is 7.29. The Morgan fingerprint density at radius 2 is 1.94 bits per heavy atom. The predicted molar refractivity (Wildman–Crippen MR) is 66.6 cm³/mol. The summed E-state index contributed by atoms with van der Waals surface area (Å²) in [6, 6.07) is -0.772. The molecule has 94 valence electrons. The van der Waals surface area contributed by atoms with Crippen LogP contribution in [-0.4, -0.2) is 34.5 Å². The number of hydrogen-bond acceptors (Lipinski definition) is 3. The van der Waals surface area contributed by atoms with Gasteiger partial charge in [-0.25, -0.2) is 4.79 Å². The van der Waals surface area contributed by atoms with Crippen LogP contribution >= 0.6 is 11.8 Å². The van der Waals surface area contributed by atoms with E-state index in [0.717, 1.165) is 11.5 Å². The molecule has 0 aromatic carbocycles. The average Bonchev–Trinajstić information content (AvgIpc) is 2.14. The van der Waals surface area contributed by atoms with Crippen LogP contribution < -0.4 is 5.32 Å². The highest BCUT2D eigenvalue weighted by Crippen LogP contribution is 2.14. The maximum atomic E-state index is 11.6. The standard InChI is InChI=1S/C11H21NO3S/c1-5-16-7-6-8(9(13)14)12-10(15)11(2,3)4/h8H,5-7H2,1-4H3,(H,12,15)(H,13,14). The lowest BCUT2D eigenvalue weighted by Gasteiger charge is -2.21. The number of carbonyl (C=O) groups is 2. The summed E-state index contributed by atoms with van der Waals surface area (Å²) in [5, 5.41) is 11.5. The molecule has 0 aliphatic carbocycles. The Morgan fingerprint density at radius 3 is 2.31 bits per heavy atom. The van der Waals surface area contributed by atoms with E-state index < -0.39 is 17.4 Å². The van der Waals surface area contributed by atoms with Crippen molar-refractivity contribution < 1.29 is 14.7 Å². The summed E-state index contributed by atoms with van der Waals surface area (Å²) in [6.07, 6.45) is 0.468. The monoisotopic (exact) mass is 247 g/mol. The zero-order valence-corrected chi connectivity index (χ0v) is 11.2. The zero-order valence-electron chi connectivity index (χ0n) is 10.4. The van der Waals surface area contributed by atoms with Gasteiger partial charge in [-0.15, -0.1) is 0 Å². The maximum Gasteiger partial charge on any atom is 0.326 e. The largest absolute Gasteiger partial charge is 0.480 e. The van der Waals surface area contributed by atoms with Gasteiger partial charge in [-0.2, -0.15) is 11.8 Å². The molecule has 1 amide bonds. The van der Waals surface area contributed by atoms with Gasteiger partial charge >= 0.3 is 5.97 Å². The Kier molecular flexibility index (Phi) is 6.48. The number of hydrogen-bond donors (Lipinski definition) is 2. The number of carboxylic acids is 1. The van der Waals surface area contributed by atoms with Gasteiger partial charge in [0.05, 0.1) is 0 Å². The summed E-state index contributed by atoms with van der Waals surface area (Å²) in [5.74, 6) is 0.521. The lowest BCUT2D eigenvalue weighted by Crippen LogP contribution is -2.46. The molecule has 0 bridgehead atoms. The van der Waals surface area contributed by atoms with Crippen LogP contribution in [0.1, 0.15) is 34.1 Å². The minimum absolute atomic E-state index is 0.221. The fourth-order valence-corrected chi connectivity index (χ4v) is 1.67. The summed E-state index contributed by atoms with van der Waals surface area (Å²) in [7, 11) is 0. The Labute approximate surface area is 101 Å². The number of nitrogens with one attached hydrogen (secondary N) is 1. The highest BCUT2D eigenvalue weighted by molar-refractivity contribution is 7.99. The lowest BCUT2D eigenvalue weighted by atomic mass is 9.95. The summed E-state index contributed by atoms with van der Waals surface area (Å²) in [5.41, 5.74) is -0.550. The number of rotatable bonds is 6. The van der Waals surface area contributed by atoms with E-state index in [-0.39, 0.29) is 5.91 Å². The van der Waals surface area contributed by atoms with Crippen LogP contribution in [0.5, 0.6) is 0 Å². The number of thioether (sulfide) groups is 1. The fourth-order valence-electron chi connectivity index (χ4n) is 0.978. The highest BCUT2D eigenvalue weighted by Gasteiger charge is 2.26. The Balaban J connectivity index is 4.24. The molecule has 0 fully saturated rings. The van der Waals surface area contributed by atoms with Gasteiger partial charge in [0.1, 0.15) is 6.04 Å². The molecule has 0 aromatic heterocycles. The van der Waals surface area contributed by atoms with Crippen LogP contribution in [0.15, 0.2) is 0 Å². The van der Waals surface area contributed by atoms with E-state index in [1.54, 1.807) is 32.5 Å². The van der Waals surface area contributed by atoms with Gasteiger partial charge in [0.2, 0.25) is 5.91 Å². The third-order valence-corrected chi connectivity index (χ3v) is 2.97. The van der Waals surface area contributed by atoms with Crippen LogP contribution in [0.3, 0.4) is 0 Å². The van der Waals surface area contributed by atoms with Gasteiger partial charge in [-0.05, 0) is 17.9 Å². The lowest BCUT2D eigenvalue weighted by molar-refractivity contribution is -0.143. The first-order valence-corrected chi connectivity index (χ1v) is 6.56. The quantitative estimate of drug-likeness (QED) is 0.702. The SMILES string of the molecule is CCSCCC(NC(=O)C(C)(C)C)C(=O)O. The molecule has 0 heterocycles. The molecular weight excluding hydrogens is 226 g/mol. The van der Waals surface area contributed by atoms with Crippen molar-refractivity contribution in [3.8, 4) is 0 Å². The van der Waals surface area contributed by atoms with E-state index in [1.807, 2.05) is 6.92 Å². The third-order valence-electron chi connectivity index (χ3n) is 2.04. The van der Waals surface area contributed by atoms with E-state index in [2.05, 4.69) is 5.32 Å². The van der Waals surface area contributed by atoms with Crippen molar-refractivity contribution in [2.75, 3.05) is 11.5 Å². The smallest absolute Gasteiger partial charge is 0.326 e. The van der Waals surface area contributed by atoms with E-state index in [4.69, 9.17) is 5.11 Å². The molecule has 2 N–H and O–H groups in total. The number of carboxylic acid groups (broad SMARTS) is 1. The molecule has 16 heavy (non-hydrogen) atoms. The number of amides is 1. The van der Waals surface area contributed by atoms with Gasteiger partial charge in [-0.3, -0.25) is 4.79 Å². The highest BCUT2D eigenvalue weighted by atomic mass is 32.2. The number of carbonyl (C=O) groups excluding carboxylic acids is 1. The molecule has 1 unspecified atom stereocenters. The first kappa shape index (κ1) is 15.3. The minimum Gasteiger partial charge on any atom is -0.480 e. The molecule has 0 rings (SSSR count). The van der Waals surface area contributed by atoms with E-state index in [1.165, 1.54) is 0 Å². The molecule has 0 radical (unpaired) electrons. The van der Waals surface area contributed by atoms with Gasteiger partial charge < -0.3 is 10.4 Å². The van der Waals surface area contributed by atoms with Crippen molar-refractivity contribution in [3.63, 3.8) is 0 Å². The minimum atomic E-state index is -0.964. The molecule has 1 atom stereocenters. The maximum absolute atomic E-state index is 11.6. The third kappa shape index (κ3) is 6.00. The molecule has 0 saturated carbocycles. The van der Waals surface area contributed by atoms with Crippen molar-refractivity contribution in [1.29, 1.82) is 0 Å². The normalized spacial score (nSPS) is 13.2. The predicted octanol–water partition coefficient (Wildman–Crippen LogP) is 1.75. The molecule has 0 aromatic rings. The second kappa shape index (κ2) is 6.78. The number of aliphatic carboxylic acids is 1. The Hall–Kier alpha value is -0.710. The van der Waals surface area contributed by atoms with Gasteiger partial charge in [-0.1, -0.05) is 27.7 Å². The van der Waals surface area contributed by atoms with Crippen LogP contribution in [0, 0.1) is 5.41 Å². The second-order valence-corrected chi connectivity index (χ2v) is 5.99. The van der Waals surface area contributed by atoms with Crippen molar-refractivity contribution in [3.05, 3.63) is 0 Å². The average molecular weight is 247 g/mol. The summed E-state index contributed by atoms with van der Waals surface area (Å²) in [6.45, 7) is 7.32. The fraction of sp³-hybridized carbons (Fsp3) is 0.818. The van der Waals surface area contributed by atoms with E-state index in [9.17, 15) is 9.59 Å². The molecule has 0 aliphatic rings. The summed E-state index contributed by atoms with van der Waals surface area (Å²) in [4.78, 5) is 22.6.